The number of imidazole rings is 1. The minimum atomic E-state index is -2.68. The zero-order chi connectivity index (χ0) is 33.1. The van der Waals surface area contributed by atoms with Crippen LogP contribution in [-0.4, -0.2) is 54.5 Å². The number of anilines is 1. The number of para-hydroxylation sites is 1. The molecule has 4 atom stereocenters. The topological polar surface area (TPSA) is 127 Å². The number of nitrogens with two attached hydrogens (primary N) is 1. The summed E-state index contributed by atoms with van der Waals surface area (Å²) in [5.74, 6) is -2.23. The quantitative estimate of drug-likeness (QED) is 0.113. The zero-order valence-electron chi connectivity index (χ0n) is 25.4. The number of thiocarbonyl (C=S) groups is 1. The van der Waals surface area contributed by atoms with Crippen LogP contribution < -0.4 is 10.5 Å². The molecular weight excluding hydrogens is 633 g/mol. The number of ether oxygens (including phenoxy) is 4. The van der Waals surface area contributed by atoms with Crippen molar-refractivity contribution < 1.29 is 28.4 Å². The monoisotopic (exact) mass is 663 g/mol. The summed E-state index contributed by atoms with van der Waals surface area (Å²) in [6, 6.07) is 37.5. The fourth-order valence-electron chi connectivity index (χ4n) is 5.97. The van der Waals surface area contributed by atoms with Crippen molar-refractivity contribution >= 4 is 34.4 Å². The molecule has 3 N–H and O–H groups in total. The first-order valence-electron chi connectivity index (χ1n) is 15.1. The van der Waals surface area contributed by atoms with Crippen molar-refractivity contribution in [2.75, 3.05) is 12.3 Å². The Morgan fingerprint density at radius 1 is 0.854 bits per heavy atom. The molecule has 1 aliphatic heterocycles. The molecule has 6 aromatic rings. The maximum absolute atomic E-state index is 16.8. The van der Waals surface area contributed by atoms with E-state index < -0.39 is 35.1 Å². The van der Waals surface area contributed by atoms with Crippen LogP contribution >= 0.6 is 12.2 Å². The third-order valence-corrected chi connectivity index (χ3v) is 8.42. The number of fused-ring (bicyclic) bond motifs is 1. The molecule has 0 spiro atoms. The Labute approximate surface area is 280 Å². The molecule has 48 heavy (non-hydrogen) atoms. The van der Waals surface area contributed by atoms with Gasteiger partial charge in [-0.2, -0.15) is 0 Å². The van der Waals surface area contributed by atoms with E-state index in [4.69, 9.17) is 36.9 Å². The van der Waals surface area contributed by atoms with Crippen molar-refractivity contribution in [1.29, 1.82) is 0 Å². The number of aliphatic hydroxyl groups is 1. The Kier molecular flexibility index (Phi) is 8.54. The molecular formula is C36H30FN5O5S. The normalized spacial score (nSPS) is 20.8. The number of nitrogens with zero attached hydrogens (tertiary/aromatic N) is 4. The number of aromatic nitrogens is 4. The first-order valence-corrected chi connectivity index (χ1v) is 15.5. The van der Waals surface area contributed by atoms with Crippen LogP contribution in [0.15, 0.2) is 134 Å². The molecule has 3 heterocycles. The molecule has 242 valence electrons. The van der Waals surface area contributed by atoms with Crippen LogP contribution in [0, 0.1) is 0 Å². The van der Waals surface area contributed by atoms with E-state index in [1.807, 2.05) is 91.0 Å². The van der Waals surface area contributed by atoms with Gasteiger partial charge in [0.05, 0.1) is 12.9 Å². The summed E-state index contributed by atoms with van der Waals surface area (Å²) >= 11 is 5.35. The SMILES string of the molecule is Nc1ncnc2c1ncn2[C@@H]1O[C@H](COC(c2ccccc2)(c2ccccc2)c2ccccc2)[C@](O)(OC(=S)Oc2ccccc2)[C@@H]1F. The van der Waals surface area contributed by atoms with Gasteiger partial charge >= 0.3 is 5.24 Å². The minimum absolute atomic E-state index is 0.106. The molecule has 0 bridgehead atoms. The number of nitrogen functional groups attached to an aromatic ring is 1. The van der Waals surface area contributed by atoms with Crippen molar-refractivity contribution in [1.82, 2.24) is 19.5 Å². The summed E-state index contributed by atoms with van der Waals surface area (Å²) in [6.07, 6.45) is -2.59. The molecule has 0 aliphatic carbocycles. The van der Waals surface area contributed by atoms with Gasteiger partial charge in [-0.3, -0.25) is 4.57 Å². The average Bonchev–Trinajstić information content (AvgIpc) is 3.66. The lowest BCUT2D eigenvalue weighted by atomic mass is 9.80. The predicted molar refractivity (Wildman–Crippen MR) is 179 cm³/mol. The van der Waals surface area contributed by atoms with Crippen molar-refractivity contribution in [2.24, 2.45) is 0 Å². The number of rotatable bonds is 9. The largest absolute Gasteiger partial charge is 0.418 e. The number of alkyl halides is 1. The Morgan fingerprint density at radius 2 is 1.40 bits per heavy atom. The lowest BCUT2D eigenvalue weighted by Crippen LogP contribution is -2.52. The molecule has 2 aromatic heterocycles. The third-order valence-electron chi connectivity index (χ3n) is 8.26. The first-order chi connectivity index (χ1) is 23.4. The van der Waals surface area contributed by atoms with Gasteiger partial charge < -0.3 is 29.8 Å². The second-order valence-corrected chi connectivity index (χ2v) is 11.4. The maximum atomic E-state index is 16.8. The molecule has 0 radical (unpaired) electrons. The summed E-state index contributed by atoms with van der Waals surface area (Å²) in [6.45, 7) is -0.357. The second kappa shape index (κ2) is 13.1. The molecule has 7 rings (SSSR count). The summed E-state index contributed by atoms with van der Waals surface area (Å²) in [7, 11) is 0. The molecule has 4 aromatic carbocycles. The fourth-order valence-corrected chi connectivity index (χ4v) is 6.20. The number of halogens is 1. The minimum Gasteiger partial charge on any atom is -0.418 e. The Balaban J connectivity index is 1.29. The Bertz CT molecular complexity index is 1910. The number of hydrogen-bond acceptors (Lipinski definition) is 10. The Morgan fingerprint density at radius 3 is 1.96 bits per heavy atom. The van der Waals surface area contributed by atoms with Gasteiger partial charge in [0.1, 0.15) is 23.2 Å². The lowest BCUT2D eigenvalue weighted by molar-refractivity contribution is -0.224. The van der Waals surface area contributed by atoms with Gasteiger partial charge in [0.25, 0.3) is 5.79 Å². The van der Waals surface area contributed by atoms with Crippen LogP contribution in [-0.2, 0) is 19.8 Å². The van der Waals surface area contributed by atoms with Crippen LogP contribution in [0.2, 0.25) is 0 Å². The van der Waals surface area contributed by atoms with Gasteiger partial charge in [0, 0.05) is 12.2 Å². The van der Waals surface area contributed by atoms with E-state index in [1.54, 1.807) is 30.3 Å². The van der Waals surface area contributed by atoms with E-state index in [9.17, 15) is 5.11 Å². The highest BCUT2D eigenvalue weighted by Crippen LogP contribution is 2.45. The highest BCUT2D eigenvalue weighted by atomic mass is 32.1. The van der Waals surface area contributed by atoms with E-state index in [-0.39, 0.29) is 23.6 Å². The fraction of sp³-hybridized carbons (Fsp3) is 0.167. The molecule has 0 saturated carbocycles. The van der Waals surface area contributed by atoms with Crippen LogP contribution in [0.5, 0.6) is 5.75 Å². The van der Waals surface area contributed by atoms with Gasteiger partial charge in [-0.05, 0) is 28.8 Å². The van der Waals surface area contributed by atoms with Crippen molar-refractivity contribution in [3.63, 3.8) is 0 Å². The highest BCUT2D eigenvalue weighted by molar-refractivity contribution is 7.79. The van der Waals surface area contributed by atoms with Crippen molar-refractivity contribution in [3.05, 3.63) is 151 Å². The molecule has 10 nitrogen and oxygen atoms in total. The van der Waals surface area contributed by atoms with Crippen LogP contribution in [0.25, 0.3) is 11.2 Å². The van der Waals surface area contributed by atoms with Gasteiger partial charge in [-0.25, -0.2) is 19.3 Å². The molecule has 12 heteroatoms. The molecule has 1 aliphatic rings. The zero-order valence-corrected chi connectivity index (χ0v) is 26.2. The van der Waals surface area contributed by atoms with Gasteiger partial charge in [0.2, 0.25) is 6.17 Å². The standard InChI is InChI=1S/C36H30FN5O5S/c37-30-33(42-23-41-29-31(38)39-22-40-32(29)42)46-28(36(30,43)47-34(48)45-27-19-11-4-12-20-27)21-44-35(24-13-5-1-6-14-24,25-15-7-2-8-16-25)26-17-9-3-10-18-26/h1-20,22-23,28,30,33,43H,21H2,(H2,38,39,40)/t28-,30-,33-,36+/m1/s1. The van der Waals surface area contributed by atoms with Crippen LogP contribution in [0.1, 0.15) is 22.9 Å². The lowest BCUT2D eigenvalue weighted by Gasteiger charge is -2.38. The van der Waals surface area contributed by atoms with Crippen molar-refractivity contribution in [3.8, 4) is 5.75 Å². The third kappa shape index (κ3) is 5.64. The summed E-state index contributed by atoms with van der Waals surface area (Å²) < 4.78 is 42.7. The van der Waals surface area contributed by atoms with E-state index in [0.717, 1.165) is 16.7 Å². The summed E-state index contributed by atoms with van der Waals surface area (Å²) in [4.78, 5) is 12.4. The smallest absolute Gasteiger partial charge is 0.360 e. The number of benzene rings is 4. The molecule has 1 fully saturated rings. The first kappa shape index (κ1) is 31.3. The van der Waals surface area contributed by atoms with Gasteiger partial charge in [0.15, 0.2) is 23.8 Å². The summed E-state index contributed by atoms with van der Waals surface area (Å²) in [5, 5.41) is 11.6. The van der Waals surface area contributed by atoms with Crippen LogP contribution in [0.3, 0.4) is 0 Å². The second-order valence-electron chi connectivity index (χ2n) is 11.1. The van der Waals surface area contributed by atoms with Gasteiger partial charge in [-0.1, -0.05) is 109 Å². The van der Waals surface area contributed by atoms with E-state index in [1.165, 1.54) is 17.2 Å². The van der Waals surface area contributed by atoms with Gasteiger partial charge in [-0.15, -0.1) is 0 Å². The summed E-state index contributed by atoms with van der Waals surface area (Å²) in [5.41, 5.74) is 7.64. The predicted octanol–water partition coefficient (Wildman–Crippen LogP) is 5.72. The molecule has 1 saturated heterocycles. The highest BCUT2D eigenvalue weighted by Gasteiger charge is 2.61. The van der Waals surface area contributed by atoms with Crippen molar-refractivity contribution in [2.45, 2.75) is 29.9 Å². The molecule has 0 amide bonds. The Hall–Kier alpha value is -5.27. The van der Waals surface area contributed by atoms with E-state index in [0.29, 0.717) is 5.75 Å². The average molecular weight is 664 g/mol. The maximum Gasteiger partial charge on any atom is 0.360 e. The molecule has 0 unspecified atom stereocenters. The van der Waals surface area contributed by atoms with E-state index >= 15 is 4.39 Å². The number of hydrogen-bond donors (Lipinski definition) is 2. The van der Waals surface area contributed by atoms with Crippen LogP contribution in [0.4, 0.5) is 10.2 Å². The van der Waals surface area contributed by atoms with E-state index in [2.05, 4.69) is 15.0 Å².